The summed E-state index contributed by atoms with van der Waals surface area (Å²) in [6.45, 7) is 13.6. The average Bonchev–Trinajstić information content (AvgIpc) is 2.65. The number of amides is 3. The maximum atomic E-state index is 13.2. The summed E-state index contributed by atoms with van der Waals surface area (Å²) in [7, 11) is 0. The molecule has 1 aromatic rings. The van der Waals surface area contributed by atoms with Crippen LogP contribution in [0.3, 0.4) is 0 Å². The molecule has 30 heavy (non-hydrogen) atoms. The van der Waals surface area contributed by atoms with E-state index in [0.29, 0.717) is 13.1 Å². The monoisotopic (exact) mass is 419 g/mol. The highest BCUT2D eigenvalue weighted by atomic mass is 16.6. The summed E-state index contributed by atoms with van der Waals surface area (Å²) in [4.78, 5) is 39.8. The van der Waals surface area contributed by atoms with Gasteiger partial charge in [0.2, 0.25) is 11.8 Å². The normalized spacial score (nSPS) is 13.2. The Labute approximate surface area is 180 Å². The lowest BCUT2D eigenvalue weighted by atomic mass is 10.0. The Hall–Kier alpha value is -2.57. The van der Waals surface area contributed by atoms with E-state index in [2.05, 4.69) is 17.6 Å². The number of likely N-dealkylation sites (N-methyl/N-ethyl adjacent to an activating group) is 1. The first kappa shape index (κ1) is 25.5. The lowest BCUT2D eigenvalue weighted by Gasteiger charge is -2.32. The molecule has 0 fully saturated rings. The van der Waals surface area contributed by atoms with Gasteiger partial charge in [0.05, 0.1) is 0 Å². The molecule has 0 heterocycles. The second-order valence-electron chi connectivity index (χ2n) is 8.45. The predicted octanol–water partition coefficient (Wildman–Crippen LogP) is 3.71. The van der Waals surface area contributed by atoms with E-state index in [1.54, 1.807) is 27.7 Å². The van der Waals surface area contributed by atoms with Crippen LogP contribution in [0.4, 0.5) is 4.79 Å². The van der Waals surface area contributed by atoms with Crippen LogP contribution in [-0.2, 0) is 14.3 Å². The fraction of sp³-hybridized carbons (Fsp3) is 0.609. The van der Waals surface area contributed by atoms with Crippen molar-refractivity contribution in [3.8, 4) is 0 Å². The molecule has 0 radical (unpaired) electrons. The number of ether oxygens (including phenoxy) is 1. The molecule has 2 N–H and O–H groups in total. The number of nitrogens with zero attached hydrogens (tertiary/aromatic N) is 1. The molecule has 168 valence electrons. The van der Waals surface area contributed by atoms with Gasteiger partial charge >= 0.3 is 6.09 Å². The first-order valence-electron chi connectivity index (χ1n) is 10.6. The van der Waals surface area contributed by atoms with Gasteiger partial charge in [0.25, 0.3) is 0 Å². The van der Waals surface area contributed by atoms with E-state index in [0.717, 1.165) is 24.0 Å². The molecule has 0 spiro atoms. The molecule has 0 aliphatic carbocycles. The van der Waals surface area contributed by atoms with Crippen LogP contribution in [0.1, 0.15) is 71.6 Å². The minimum Gasteiger partial charge on any atom is -0.444 e. The zero-order chi connectivity index (χ0) is 22.9. The van der Waals surface area contributed by atoms with E-state index in [4.69, 9.17) is 4.74 Å². The molecule has 2 unspecified atom stereocenters. The van der Waals surface area contributed by atoms with Crippen LogP contribution >= 0.6 is 0 Å². The van der Waals surface area contributed by atoms with Gasteiger partial charge in [0, 0.05) is 13.1 Å². The number of benzene rings is 1. The second-order valence-corrected chi connectivity index (χ2v) is 8.45. The van der Waals surface area contributed by atoms with E-state index in [1.807, 2.05) is 38.1 Å². The first-order chi connectivity index (χ1) is 14.0. The molecule has 0 aliphatic rings. The van der Waals surface area contributed by atoms with Gasteiger partial charge in [-0.1, -0.05) is 43.2 Å². The molecule has 1 rings (SSSR count). The number of carbonyl (C=O) groups is 3. The second kappa shape index (κ2) is 11.6. The highest BCUT2D eigenvalue weighted by molar-refractivity contribution is 5.91. The van der Waals surface area contributed by atoms with Crippen LogP contribution in [0.2, 0.25) is 0 Å². The Bertz CT molecular complexity index is 710. The smallest absolute Gasteiger partial charge is 0.408 e. The van der Waals surface area contributed by atoms with Crippen molar-refractivity contribution in [1.29, 1.82) is 0 Å². The lowest BCUT2D eigenvalue weighted by Crippen LogP contribution is -2.51. The van der Waals surface area contributed by atoms with Crippen molar-refractivity contribution in [3.05, 3.63) is 35.4 Å². The van der Waals surface area contributed by atoms with Crippen LogP contribution < -0.4 is 10.6 Å². The van der Waals surface area contributed by atoms with E-state index >= 15 is 0 Å². The molecule has 0 aliphatic heterocycles. The molecule has 7 nitrogen and oxygen atoms in total. The maximum absolute atomic E-state index is 13.2. The summed E-state index contributed by atoms with van der Waals surface area (Å²) in [5, 5.41) is 5.51. The highest BCUT2D eigenvalue weighted by Crippen LogP contribution is 2.23. The maximum Gasteiger partial charge on any atom is 0.408 e. The summed E-state index contributed by atoms with van der Waals surface area (Å²) in [5.74, 6) is -0.577. The molecule has 0 bridgehead atoms. The number of hydrogen-bond acceptors (Lipinski definition) is 4. The molecular weight excluding hydrogens is 382 g/mol. The predicted molar refractivity (Wildman–Crippen MR) is 118 cm³/mol. The average molecular weight is 420 g/mol. The Kier molecular flexibility index (Phi) is 9.82. The molecule has 0 aromatic heterocycles. The number of nitrogens with one attached hydrogen (secondary N) is 2. The van der Waals surface area contributed by atoms with Crippen LogP contribution in [0.25, 0.3) is 0 Å². The molecule has 3 amide bonds. The van der Waals surface area contributed by atoms with E-state index in [9.17, 15) is 14.4 Å². The third-order valence-electron chi connectivity index (χ3n) is 4.51. The number of hydrogen-bond donors (Lipinski definition) is 2. The van der Waals surface area contributed by atoms with Crippen molar-refractivity contribution in [3.63, 3.8) is 0 Å². The standard InChI is InChI=1S/C23H37N3O4/c1-8-10-15-24-20(27)19(18-13-11-16(3)12-14-18)26(9-2)21(28)17(4)25-22(29)30-23(5,6)7/h11-14,17,19H,8-10,15H2,1-7H3,(H,24,27)(H,25,29). The van der Waals surface area contributed by atoms with Gasteiger partial charge in [-0.3, -0.25) is 9.59 Å². The van der Waals surface area contributed by atoms with Crippen molar-refractivity contribution in [1.82, 2.24) is 15.5 Å². The van der Waals surface area contributed by atoms with E-state index in [1.165, 1.54) is 4.90 Å². The molecule has 7 heteroatoms. The van der Waals surface area contributed by atoms with Gasteiger partial charge in [-0.15, -0.1) is 0 Å². The minimum atomic E-state index is -0.837. The Morgan fingerprint density at radius 1 is 1.10 bits per heavy atom. The number of alkyl carbamates (subject to hydrolysis) is 1. The van der Waals surface area contributed by atoms with Crippen molar-refractivity contribution >= 4 is 17.9 Å². The summed E-state index contributed by atoms with van der Waals surface area (Å²) in [6.07, 6.45) is 1.16. The third kappa shape index (κ3) is 8.05. The minimum absolute atomic E-state index is 0.230. The fourth-order valence-corrected chi connectivity index (χ4v) is 2.97. The summed E-state index contributed by atoms with van der Waals surface area (Å²) < 4.78 is 5.24. The number of rotatable bonds is 9. The van der Waals surface area contributed by atoms with Gasteiger partial charge in [-0.05, 0) is 53.5 Å². The Morgan fingerprint density at radius 3 is 2.20 bits per heavy atom. The first-order valence-corrected chi connectivity index (χ1v) is 10.6. The number of carbonyl (C=O) groups excluding carboxylic acids is 3. The SMILES string of the molecule is CCCCNC(=O)C(c1ccc(C)cc1)N(CC)C(=O)C(C)NC(=O)OC(C)(C)C. The number of unbranched alkanes of at least 4 members (excludes halogenated alkanes) is 1. The van der Waals surface area contributed by atoms with Gasteiger partial charge in [0.15, 0.2) is 0 Å². The Balaban J connectivity index is 3.08. The largest absolute Gasteiger partial charge is 0.444 e. The van der Waals surface area contributed by atoms with Crippen LogP contribution in [0.5, 0.6) is 0 Å². The topological polar surface area (TPSA) is 87.7 Å². The van der Waals surface area contributed by atoms with Gasteiger partial charge < -0.3 is 20.3 Å². The van der Waals surface area contributed by atoms with Crippen molar-refractivity contribution in [2.24, 2.45) is 0 Å². The third-order valence-corrected chi connectivity index (χ3v) is 4.51. The Morgan fingerprint density at radius 2 is 1.70 bits per heavy atom. The molecule has 2 atom stereocenters. The van der Waals surface area contributed by atoms with Crippen LogP contribution in [0.15, 0.2) is 24.3 Å². The zero-order valence-corrected chi connectivity index (χ0v) is 19.4. The van der Waals surface area contributed by atoms with E-state index in [-0.39, 0.29) is 11.8 Å². The molecular formula is C23H37N3O4. The summed E-state index contributed by atoms with van der Waals surface area (Å²) in [5.41, 5.74) is 1.13. The van der Waals surface area contributed by atoms with Crippen LogP contribution in [-0.4, -0.2) is 47.5 Å². The molecule has 0 saturated heterocycles. The number of aryl methyl sites for hydroxylation is 1. The van der Waals surface area contributed by atoms with Crippen molar-refractivity contribution < 1.29 is 19.1 Å². The fourth-order valence-electron chi connectivity index (χ4n) is 2.97. The van der Waals surface area contributed by atoms with Crippen LogP contribution in [0, 0.1) is 6.92 Å². The zero-order valence-electron chi connectivity index (χ0n) is 19.4. The van der Waals surface area contributed by atoms with Crippen molar-refractivity contribution in [2.45, 2.75) is 79.0 Å². The molecule has 1 aromatic carbocycles. The summed E-state index contributed by atoms with van der Waals surface area (Å²) in [6, 6.07) is 5.95. The highest BCUT2D eigenvalue weighted by Gasteiger charge is 2.33. The van der Waals surface area contributed by atoms with E-state index < -0.39 is 23.8 Å². The van der Waals surface area contributed by atoms with Crippen molar-refractivity contribution in [2.75, 3.05) is 13.1 Å². The van der Waals surface area contributed by atoms with Gasteiger partial charge in [-0.2, -0.15) is 0 Å². The quantitative estimate of drug-likeness (QED) is 0.597. The lowest BCUT2D eigenvalue weighted by molar-refractivity contribution is -0.141. The summed E-state index contributed by atoms with van der Waals surface area (Å²) >= 11 is 0. The van der Waals surface area contributed by atoms with Gasteiger partial charge in [0.1, 0.15) is 17.7 Å². The van der Waals surface area contributed by atoms with Gasteiger partial charge in [-0.25, -0.2) is 4.79 Å². The molecule has 0 saturated carbocycles.